The summed E-state index contributed by atoms with van der Waals surface area (Å²) in [5.74, 6) is -1.46. The fraction of sp³-hybridized carbons (Fsp3) is 0.280. The number of ether oxygens (including phenoxy) is 3. The van der Waals surface area contributed by atoms with Crippen LogP contribution < -0.4 is 10.2 Å². The lowest BCUT2D eigenvalue weighted by Crippen LogP contribution is -2.73. The first kappa shape index (κ1) is 23.8. The highest BCUT2D eigenvalue weighted by Gasteiger charge is 2.55. The summed E-state index contributed by atoms with van der Waals surface area (Å²) in [7, 11) is 0. The van der Waals surface area contributed by atoms with Crippen molar-refractivity contribution in [3.63, 3.8) is 0 Å². The third-order valence-corrected chi connectivity index (χ3v) is 5.73. The van der Waals surface area contributed by atoms with E-state index in [-0.39, 0.29) is 37.2 Å². The van der Waals surface area contributed by atoms with Crippen LogP contribution in [0.4, 0.5) is 10.5 Å². The van der Waals surface area contributed by atoms with Gasteiger partial charge in [0.25, 0.3) is 11.8 Å². The molecule has 1 aromatic rings. The second-order valence-corrected chi connectivity index (χ2v) is 7.91. The molecule has 10 nitrogen and oxygen atoms in total. The predicted molar refractivity (Wildman–Crippen MR) is 125 cm³/mol. The summed E-state index contributed by atoms with van der Waals surface area (Å²) in [6, 6.07) is 7.68. The van der Waals surface area contributed by atoms with Crippen LogP contribution in [0.15, 0.2) is 78.7 Å². The smallest absolute Gasteiger partial charge is 0.408 e. The van der Waals surface area contributed by atoms with Gasteiger partial charge in [-0.25, -0.2) is 9.59 Å². The number of amides is 3. The molecule has 1 N–H and O–H groups in total. The van der Waals surface area contributed by atoms with E-state index in [0.717, 1.165) is 5.69 Å². The minimum Gasteiger partial charge on any atom is -0.489 e. The first-order chi connectivity index (χ1) is 17.0. The van der Waals surface area contributed by atoms with Crippen molar-refractivity contribution in [2.75, 3.05) is 31.3 Å². The Labute approximate surface area is 202 Å². The van der Waals surface area contributed by atoms with E-state index in [1.807, 2.05) is 30.3 Å². The number of hydrogen-bond donors (Lipinski definition) is 1. The summed E-state index contributed by atoms with van der Waals surface area (Å²) in [4.78, 5) is 53.5. The normalized spacial score (nSPS) is 22.2. The number of benzene rings is 1. The molecule has 0 aromatic heterocycles. The molecule has 182 valence electrons. The minimum atomic E-state index is -0.926. The Bertz CT molecular complexity index is 1130. The van der Waals surface area contributed by atoms with E-state index in [0.29, 0.717) is 18.5 Å². The summed E-state index contributed by atoms with van der Waals surface area (Å²) in [5.41, 5.74) is 1.08. The molecule has 2 saturated heterocycles. The Morgan fingerprint density at radius 2 is 1.83 bits per heavy atom. The average molecular weight is 479 g/mol. The van der Waals surface area contributed by atoms with Crippen LogP contribution in [-0.4, -0.2) is 67.2 Å². The molecule has 10 heteroatoms. The zero-order valence-corrected chi connectivity index (χ0v) is 19.0. The summed E-state index contributed by atoms with van der Waals surface area (Å²) in [5, 5.41) is 2.47. The van der Waals surface area contributed by atoms with Gasteiger partial charge in [-0.05, 0) is 24.6 Å². The lowest BCUT2D eigenvalue weighted by atomic mass is 9.92. The Kier molecular flexibility index (Phi) is 7.00. The third-order valence-electron chi connectivity index (χ3n) is 5.73. The van der Waals surface area contributed by atoms with Crippen molar-refractivity contribution in [3.8, 4) is 0 Å². The topological polar surface area (TPSA) is 114 Å². The molecule has 0 unspecified atom stereocenters. The molecule has 3 heterocycles. The molecule has 3 aliphatic rings. The first-order valence-corrected chi connectivity index (χ1v) is 11.1. The number of hydrogen-bond acceptors (Lipinski definition) is 7. The molecule has 2 atom stereocenters. The van der Waals surface area contributed by atoms with E-state index in [1.165, 1.54) is 23.1 Å². The monoisotopic (exact) mass is 479 g/mol. The first-order valence-electron chi connectivity index (χ1n) is 11.1. The lowest BCUT2D eigenvalue weighted by Gasteiger charge is -2.49. The van der Waals surface area contributed by atoms with E-state index in [2.05, 4.69) is 18.5 Å². The largest absolute Gasteiger partial charge is 0.489 e. The van der Waals surface area contributed by atoms with Crippen LogP contribution in [0.2, 0.25) is 0 Å². The van der Waals surface area contributed by atoms with Gasteiger partial charge in [-0.2, -0.15) is 0 Å². The van der Waals surface area contributed by atoms with Crippen molar-refractivity contribution in [3.05, 3.63) is 78.7 Å². The predicted octanol–water partition coefficient (Wildman–Crippen LogP) is 1.81. The summed E-state index contributed by atoms with van der Waals surface area (Å²) in [6.45, 7) is 7.38. The Morgan fingerprint density at radius 3 is 2.54 bits per heavy atom. The standard InChI is InChI=1S/C25H25N3O7/c1-3-12-33-24(31)21-19(14-16-10-11-27(22(16)29)17-8-6-5-7-9-17)35-15-18-20(23(30)28(18)21)26-25(32)34-13-4-2/h3-9,14,18,20H,1-2,10-13,15H2,(H,26,32)/b16-14+/t18-,20+/m1/s1. The summed E-state index contributed by atoms with van der Waals surface area (Å²) >= 11 is 0. The van der Waals surface area contributed by atoms with Gasteiger partial charge in [-0.15, -0.1) is 0 Å². The molecule has 0 saturated carbocycles. The number of carbonyl (C=O) groups is 4. The number of rotatable bonds is 8. The second-order valence-electron chi connectivity index (χ2n) is 7.91. The molecule has 35 heavy (non-hydrogen) atoms. The van der Waals surface area contributed by atoms with Gasteiger partial charge in [-0.3, -0.25) is 14.5 Å². The molecule has 0 spiro atoms. The van der Waals surface area contributed by atoms with E-state index >= 15 is 0 Å². The van der Waals surface area contributed by atoms with Crippen molar-refractivity contribution >= 4 is 29.6 Å². The van der Waals surface area contributed by atoms with Crippen LogP contribution in [0.1, 0.15) is 6.42 Å². The number of para-hydroxylation sites is 1. The molecule has 0 radical (unpaired) electrons. The molecule has 2 fully saturated rings. The van der Waals surface area contributed by atoms with Gasteiger partial charge in [0.15, 0.2) is 11.5 Å². The fourth-order valence-corrected chi connectivity index (χ4v) is 4.09. The third kappa shape index (κ3) is 4.68. The van der Waals surface area contributed by atoms with Gasteiger partial charge in [0.2, 0.25) is 0 Å². The van der Waals surface area contributed by atoms with Gasteiger partial charge in [0.1, 0.15) is 31.9 Å². The number of fused-ring (bicyclic) bond motifs is 1. The van der Waals surface area contributed by atoms with Gasteiger partial charge in [0, 0.05) is 17.8 Å². The van der Waals surface area contributed by atoms with Crippen molar-refractivity contribution in [2.24, 2.45) is 0 Å². The highest BCUT2D eigenvalue weighted by molar-refractivity contribution is 6.09. The number of nitrogens with one attached hydrogen (secondary N) is 1. The van der Waals surface area contributed by atoms with Crippen molar-refractivity contribution in [2.45, 2.75) is 18.5 Å². The molecular weight excluding hydrogens is 454 g/mol. The quantitative estimate of drug-likeness (QED) is 0.262. The molecule has 4 rings (SSSR count). The zero-order chi connectivity index (χ0) is 24.9. The number of carbonyl (C=O) groups excluding carboxylic acids is 4. The molecule has 1 aromatic carbocycles. The summed E-state index contributed by atoms with van der Waals surface area (Å²) in [6.07, 6.45) is 3.93. The van der Waals surface area contributed by atoms with E-state index in [4.69, 9.17) is 14.2 Å². The molecule has 3 aliphatic heterocycles. The fourth-order valence-electron chi connectivity index (χ4n) is 4.09. The van der Waals surface area contributed by atoms with Crippen LogP contribution in [0.25, 0.3) is 0 Å². The van der Waals surface area contributed by atoms with Gasteiger partial charge < -0.3 is 24.4 Å². The number of esters is 1. The van der Waals surface area contributed by atoms with E-state index in [9.17, 15) is 19.2 Å². The van der Waals surface area contributed by atoms with Gasteiger partial charge in [0.05, 0.1) is 0 Å². The molecule has 3 amide bonds. The number of anilines is 1. The molecular formula is C25H25N3O7. The minimum absolute atomic E-state index is 0.00604. The molecule has 0 bridgehead atoms. The summed E-state index contributed by atoms with van der Waals surface area (Å²) < 4.78 is 15.9. The van der Waals surface area contributed by atoms with Gasteiger partial charge in [-0.1, -0.05) is 43.5 Å². The van der Waals surface area contributed by atoms with Gasteiger partial charge >= 0.3 is 12.1 Å². The maximum Gasteiger partial charge on any atom is 0.408 e. The van der Waals surface area contributed by atoms with Crippen molar-refractivity contribution < 1.29 is 33.4 Å². The maximum absolute atomic E-state index is 13.0. The molecule has 0 aliphatic carbocycles. The zero-order valence-electron chi connectivity index (χ0n) is 19.0. The average Bonchev–Trinajstić information content (AvgIpc) is 3.24. The van der Waals surface area contributed by atoms with Crippen molar-refractivity contribution in [1.29, 1.82) is 0 Å². The number of nitrogens with zero attached hydrogens (tertiary/aromatic N) is 2. The van der Waals surface area contributed by atoms with Crippen molar-refractivity contribution in [1.82, 2.24) is 10.2 Å². The van der Waals surface area contributed by atoms with Crippen LogP contribution in [-0.2, 0) is 28.6 Å². The van der Waals surface area contributed by atoms with E-state index < -0.39 is 30.1 Å². The van der Waals surface area contributed by atoms with E-state index in [1.54, 1.807) is 4.90 Å². The number of alkyl carbamates (subject to hydrolysis) is 1. The van der Waals surface area contributed by atoms with Crippen LogP contribution in [0, 0.1) is 0 Å². The lowest BCUT2D eigenvalue weighted by molar-refractivity contribution is -0.160. The van der Waals surface area contributed by atoms with Crippen LogP contribution in [0.5, 0.6) is 0 Å². The highest BCUT2D eigenvalue weighted by Crippen LogP contribution is 2.35. The second kappa shape index (κ2) is 10.3. The Balaban J connectivity index is 1.59. The number of allylic oxidation sites excluding steroid dienone is 1. The maximum atomic E-state index is 13.0. The Hall–Kier alpha value is -4.34. The SMILES string of the molecule is C=CCOC(=O)N[C@@H]1C(=O)N2C(C(=O)OCC=C)=C(/C=C3\CCN(c4ccccc4)C3=O)OC[C@H]12. The van der Waals surface area contributed by atoms with Crippen LogP contribution in [0.3, 0.4) is 0 Å². The number of β-lactam (4-membered cyclic amide) rings is 1. The Morgan fingerprint density at radius 1 is 1.11 bits per heavy atom. The highest BCUT2D eigenvalue weighted by atomic mass is 16.6. The van der Waals surface area contributed by atoms with Crippen LogP contribution >= 0.6 is 0 Å².